The van der Waals surface area contributed by atoms with Crippen LogP contribution >= 0.6 is 12.2 Å². The van der Waals surface area contributed by atoms with Crippen LogP contribution in [0, 0.1) is 0 Å². The van der Waals surface area contributed by atoms with Crippen molar-refractivity contribution in [1.82, 2.24) is 4.90 Å². The van der Waals surface area contributed by atoms with Crippen LogP contribution in [-0.4, -0.2) is 35.5 Å². The number of nitrogens with two attached hydrogens (primary N) is 1. The largest absolute Gasteiger partial charge is 0.484 e. The van der Waals surface area contributed by atoms with Crippen LogP contribution in [0.2, 0.25) is 0 Å². The van der Waals surface area contributed by atoms with Gasteiger partial charge in [-0.05, 0) is 37.1 Å². The van der Waals surface area contributed by atoms with Crippen LogP contribution in [0.15, 0.2) is 24.3 Å². The monoisotopic (exact) mass is 306 g/mol. The molecule has 0 bridgehead atoms. The maximum atomic E-state index is 12.2. The molecule has 0 aromatic heterocycles. The summed E-state index contributed by atoms with van der Waals surface area (Å²) in [7, 11) is 1.87. The highest BCUT2D eigenvalue weighted by atomic mass is 32.1. The second-order valence-electron chi connectivity index (χ2n) is 5.47. The van der Waals surface area contributed by atoms with Gasteiger partial charge in [-0.2, -0.15) is 0 Å². The van der Waals surface area contributed by atoms with Gasteiger partial charge in [0, 0.05) is 18.7 Å². The highest BCUT2D eigenvalue weighted by Gasteiger charge is 2.22. The maximum Gasteiger partial charge on any atom is 0.260 e. The summed E-state index contributed by atoms with van der Waals surface area (Å²) < 4.78 is 5.54. The number of amides is 1. The predicted molar refractivity (Wildman–Crippen MR) is 87.5 cm³/mol. The van der Waals surface area contributed by atoms with Crippen LogP contribution in [0.3, 0.4) is 0 Å². The molecular formula is C16H22N2O2S. The minimum atomic E-state index is 0.0281. The Hall–Kier alpha value is -1.62. The molecule has 1 amide bonds. The molecule has 2 N–H and O–H groups in total. The summed E-state index contributed by atoms with van der Waals surface area (Å²) in [4.78, 5) is 14.3. The van der Waals surface area contributed by atoms with Gasteiger partial charge in [0.2, 0.25) is 0 Å². The number of hydrogen-bond donors (Lipinski definition) is 1. The van der Waals surface area contributed by atoms with Crippen molar-refractivity contribution in [3.63, 3.8) is 0 Å². The fourth-order valence-electron chi connectivity index (χ4n) is 2.63. The molecule has 0 heterocycles. The van der Waals surface area contributed by atoms with Gasteiger partial charge in [0.05, 0.1) is 0 Å². The van der Waals surface area contributed by atoms with Crippen molar-refractivity contribution in [2.24, 2.45) is 5.73 Å². The molecule has 0 radical (unpaired) electrons. The topological polar surface area (TPSA) is 55.6 Å². The number of hydrogen-bond acceptors (Lipinski definition) is 3. The van der Waals surface area contributed by atoms with E-state index in [1.165, 1.54) is 19.3 Å². The van der Waals surface area contributed by atoms with Crippen LogP contribution in [0.25, 0.3) is 0 Å². The zero-order valence-corrected chi connectivity index (χ0v) is 13.2. The lowest BCUT2D eigenvalue weighted by Crippen LogP contribution is -2.40. The third-order valence-electron chi connectivity index (χ3n) is 4.02. The number of carbonyl (C=O) groups excluding carboxylic acids is 1. The van der Waals surface area contributed by atoms with Crippen molar-refractivity contribution >= 4 is 23.1 Å². The minimum Gasteiger partial charge on any atom is -0.484 e. The van der Waals surface area contributed by atoms with E-state index in [2.05, 4.69) is 0 Å². The Morgan fingerprint density at radius 3 is 2.48 bits per heavy atom. The van der Waals surface area contributed by atoms with Gasteiger partial charge >= 0.3 is 0 Å². The average molecular weight is 306 g/mol. The Kier molecular flexibility index (Phi) is 5.56. The van der Waals surface area contributed by atoms with Crippen molar-refractivity contribution < 1.29 is 9.53 Å². The minimum absolute atomic E-state index is 0.0281. The molecule has 21 heavy (non-hydrogen) atoms. The van der Waals surface area contributed by atoms with E-state index in [0.717, 1.165) is 18.4 Å². The smallest absolute Gasteiger partial charge is 0.260 e. The molecule has 1 saturated carbocycles. The molecule has 5 heteroatoms. The van der Waals surface area contributed by atoms with Gasteiger partial charge in [0.1, 0.15) is 10.7 Å². The van der Waals surface area contributed by atoms with Crippen molar-refractivity contribution in [3.05, 3.63) is 29.8 Å². The van der Waals surface area contributed by atoms with E-state index in [1.807, 2.05) is 11.9 Å². The molecule has 4 nitrogen and oxygen atoms in total. The zero-order valence-electron chi connectivity index (χ0n) is 12.4. The van der Waals surface area contributed by atoms with Crippen molar-refractivity contribution in [2.45, 2.75) is 38.1 Å². The van der Waals surface area contributed by atoms with E-state index < -0.39 is 0 Å². The first kappa shape index (κ1) is 15.8. The van der Waals surface area contributed by atoms with Gasteiger partial charge in [-0.15, -0.1) is 0 Å². The van der Waals surface area contributed by atoms with Gasteiger partial charge in [-0.3, -0.25) is 4.79 Å². The average Bonchev–Trinajstić information content (AvgIpc) is 2.53. The zero-order chi connectivity index (χ0) is 15.2. The van der Waals surface area contributed by atoms with E-state index in [1.54, 1.807) is 24.3 Å². The van der Waals surface area contributed by atoms with Gasteiger partial charge in [0.25, 0.3) is 5.91 Å². The van der Waals surface area contributed by atoms with E-state index in [4.69, 9.17) is 22.7 Å². The van der Waals surface area contributed by atoms with Crippen LogP contribution in [0.4, 0.5) is 0 Å². The van der Waals surface area contributed by atoms with Crippen LogP contribution < -0.4 is 10.5 Å². The molecule has 1 aliphatic carbocycles. The number of ether oxygens (including phenoxy) is 1. The number of likely N-dealkylation sites (N-methyl/N-ethyl adjacent to an activating group) is 1. The van der Waals surface area contributed by atoms with Crippen LogP contribution in [0.1, 0.15) is 37.7 Å². The van der Waals surface area contributed by atoms with E-state index in [9.17, 15) is 4.79 Å². The quantitative estimate of drug-likeness (QED) is 0.849. The number of benzene rings is 1. The standard InChI is InChI=1S/C16H22N2O2S/c1-18(13-5-3-2-4-6-13)15(19)11-20-14-9-7-12(8-10-14)16(17)21/h7-10,13H,2-6,11H2,1H3,(H2,17,21). The van der Waals surface area contributed by atoms with Gasteiger partial charge in [-0.25, -0.2) is 0 Å². The van der Waals surface area contributed by atoms with Crippen molar-refractivity contribution in [2.75, 3.05) is 13.7 Å². The van der Waals surface area contributed by atoms with E-state index in [0.29, 0.717) is 16.8 Å². The Balaban J connectivity index is 1.83. The molecule has 1 fully saturated rings. The molecular weight excluding hydrogens is 284 g/mol. The number of nitrogens with zero attached hydrogens (tertiary/aromatic N) is 1. The second kappa shape index (κ2) is 7.41. The molecule has 1 aromatic carbocycles. The van der Waals surface area contributed by atoms with Crippen molar-refractivity contribution in [1.29, 1.82) is 0 Å². The highest BCUT2D eigenvalue weighted by Crippen LogP contribution is 2.21. The molecule has 1 aliphatic rings. The first-order valence-electron chi connectivity index (χ1n) is 7.36. The number of carbonyl (C=O) groups is 1. The molecule has 2 rings (SSSR count). The highest BCUT2D eigenvalue weighted by molar-refractivity contribution is 7.80. The lowest BCUT2D eigenvalue weighted by atomic mass is 9.94. The maximum absolute atomic E-state index is 12.2. The molecule has 1 aromatic rings. The summed E-state index contributed by atoms with van der Waals surface area (Å²) in [5, 5.41) is 0. The lowest BCUT2D eigenvalue weighted by Gasteiger charge is -2.31. The summed E-state index contributed by atoms with van der Waals surface area (Å²) in [6.45, 7) is 0.0689. The molecule has 0 unspecified atom stereocenters. The second-order valence-corrected chi connectivity index (χ2v) is 5.91. The first-order valence-corrected chi connectivity index (χ1v) is 7.77. The van der Waals surface area contributed by atoms with Crippen LogP contribution in [-0.2, 0) is 4.79 Å². The Morgan fingerprint density at radius 1 is 1.29 bits per heavy atom. The molecule has 0 aliphatic heterocycles. The van der Waals surface area contributed by atoms with Crippen molar-refractivity contribution in [3.8, 4) is 5.75 Å². The first-order chi connectivity index (χ1) is 10.1. The fraction of sp³-hybridized carbons (Fsp3) is 0.500. The van der Waals surface area contributed by atoms with Gasteiger partial charge < -0.3 is 15.4 Å². The molecule has 114 valence electrons. The Morgan fingerprint density at radius 2 is 1.90 bits per heavy atom. The van der Waals surface area contributed by atoms with E-state index in [-0.39, 0.29) is 12.5 Å². The molecule has 0 spiro atoms. The SMILES string of the molecule is CN(C(=O)COc1ccc(C(N)=S)cc1)C1CCCCC1. The fourth-order valence-corrected chi connectivity index (χ4v) is 2.77. The summed E-state index contributed by atoms with van der Waals surface area (Å²) in [5.41, 5.74) is 6.33. The lowest BCUT2D eigenvalue weighted by molar-refractivity contribution is -0.134. The normalized spacial score (nSPS) is 15.5. The summed E-state index contributed by atoms with van der Waals surface area (Å²) in [6, 6.07) is 7.52. The number of thiocarbonyl (C=S) groups is 1. The number of rotatable bonds is 5. The summed E-state index contributed by atoms with van der Waals surface area (Å²) >= 11 is 4.89. The summed E-state index contributed by atoms with van der Waals surface area (Å²) in [5.74, 6) is 0.681. The Labute approximate surface area is 131 Å². The van der Waals surface area contributed by atoms with Gasteiger partial charge in [0.15, 0.2) is 6.61 Å². The summed E-state index contributed by atoms with van der Waals surface area (Å²) in [6.07, 6.45) is 5.91. The van der Waals surface area contributed by atoms with Gasteiger partial charge in [-0.1, -0.05) is 31.5 Å². The van der Waals surface area contributed by atoms with E-state index >= 15 is 0 Å². The Bertz CT molecular complexity index is 496. The van der Waals surface area contributed by atoms with Crippen LogP contribution in [0.5, 0.6) is 5.75 Å². The third kappa shape index (κ3) is 4.43. The predicted octanol–water partition coefficient (Wildman–Crippen LogP) is 2.49. The molecule has 0 saturated heterocycles. The third-order valence-corrected chi connectivity index (χ3v) is 4.25. The molecule has 0 atom stereocenters.